The lowest BCUT2D eigenvalue weighted by Gasteiger charge is -2.10. The van der Waals surface area contributed by atoms with E-state index in [1.54, 1.807) is 14.2 Å². The quantitative estimate of drug-likeness (QED) is 0.588. The summed E-state index contributed by atoms with van der Waals surface area (Å²) in [7, 11) is 3.15. The minimum absolute atomic E-state index is 0.220. The standard InChI is InChI=1S/C18H15F2N3O2/c1-24-14-7-9-6-11-16(10(9)8-15(14)25-2)22-23-18(11)21-17-12(19)4-3-5-13(17)20/h3-5,7-8H,6H2,1-2H3,(H2,21,22,23). The lowest BCUT2D eigenvalue weighted by atomic mass is 10.1. The first-order valence-electron chi connectivity index (χ1n) is 7.66. The van der Waals surface area contributed by atoms with E-state index < -0.39 is 11.6 Å². The lowest BCUT2D eigenvalue weighted by Crippen LogP contribution is -2.00. The monoisotopic (exact) mass is 343 g/mol. The smallest absolute Gasteiger partial charge is 0.161 e. The van der Waals surface area contributed by atoms with Gasteiger partial charge in [0, 0.05) is 17.5 Å². The zero-order valence-corrected chi connectivity index (χ0v) is 13.6. The molecular formula is C18H15F2N3O2. The number of rotatable bonds is 4. The normalized spacial score (nSPS) is 11.8. The third kappa shape index (κ3) is 2.39. The second kappa shape index (κ2) is 5.77. The first-order chi connectivity index (χ1) is 12.1. The molecule has 5 nitrogen and oxygen atoms in total. The van der Waals surface area contributed by atoms with E-state index in [1.165, 1.54) is 18.2 Å². The molecule has 2 N–H and O–H groups in total. The average Bonchev–Trinajstić information content (AvgIpc) is 3.16. The minimum atomic E-state index is -0.671. The summed E-state index contributed by atoms with van der Waals surface area (Å²) in [5, 5.41) is 9.87. The van der Waals surface area contributed by atoms with Crippen molar-refractivity contribution in [2.24, 2.45) is 0 Å². The number of methoxy groups -OCH3 is 2. The van der Waals surface area contributed by atoms with Crippen molar-refractivity contribution in [2.75, 3.05) is 19.5 Å². The Bertz CT molecular complexity index is 949. The van der Waals surface area contributed by atoms with E-state index >= 15 is 0 Å². The SMILES string of the molecule is COc1cc2c(cc1OC)-c1[nH]nc(Nc3c(F)cccc3F)c1C2. The summed E-state index contributed by atoms with van der Waals surface area (Å²) in [5.74, 6) is 0.298. The predicted octanol–water partition coefficient (Wildman–Crippen LogP) is 4.02. The van der Waals surface area contributed by atoms with Crippen LogP contribution in [0.2, 0.25) is 0 Å². The van der Waals surface area contributed by atoms with Crippen LogP contribution in [0, 0.1) is 11.6 Å². The first-order valence-corrected chi connectivity index (χ1v) is 7.66. The van der Waals surface area contributed by atoms with E-state index in [1.807, 2.05) is 12.1 Å². The van der Waals surface area contributed by atoms with Crippen molar-refractivity contribution in [2.45, 2.75) is 6.42 Å². The van der Waals surface area contributed by atoms with Crippen molar-refractivity contribution < 1.29 is 18.3 Å². The molecule has 0 unspecified atom stereocenters. The highest BCUT2D eigenvalue weighted by Crippen LogP contribution is 2.44. The van der Waals surface area contributed by atoms with Gasteiger partial charge in [0.1, 0.15) is 17.3 Å². The molecule has 7 heteroatoms. The van der Waals surface area contributed by atoms with E-state index in [4.69, 9.17) is 9.47 Å². The molecule has 0 bridgehead atoms. The number of hydrogen-bond donors (Lipinski definition) is 2. The topological polar surface area (TPSA) is 59.2 Å². The molecule has 128 valence electrons. The summed E-state index contributed by atoms with van der Waals surface area (Å²) in [6.07, 6.45) is 0.569. The zero-order chi connectivity index (χ0) is 17.6. The molecule has 1 aliphatic rings. The maximum Gasteiger partial charge on any atom is 0.161 e. The third-order valence-corrected chi connectivity index (χ3v) is 4.32. The number of nitrogens with one attached hydrogen (secondary N) is 2. The highest BCUT2D eigenvalue weighted by atomic mass is 19.1. The van der Waals surface area contributed by atoms with Crippen molar-refractivity contribution in [3.63, 3.8) is 0 Å². The van der Waals surface area contributed by atoms with Crippen LogP contribution < -0.4 is 14.8 Å². The number of fused-ring (bicyclic) bond motifs is 3. The van der Waals surface area contributed by atoms with Crippen LogP contribution in [0.5, 0.6) is 11.5 Å². The maximum atomic E-state index is 13.9. The molecule has 0 fully saturated rings. The molecule has 1 aliphatic carbocycles. The third-order valence-electron chi connectivity index (χ3n) is 4.32. The Labute approximate surface area is 142 Å². The molecule has 2 aromatic carbocycles. The molecule has 1 heterocycles. The second-order valence-corrected chi connectivity index (χ2v) is 5.69. The first kappa shape index (κ1) is 15.4. The van der Waals surface area contributed by atoms with Crippen LogP contribution in [0.15, 0.2) is 30.3 Å². The number of H-pyrrole nitrogens is 1. The lowest BCUT2D eigenvalue weighted by molar-refractivity contribution is 0.355. The Kier molecular flexibility index (Phi) is 3.56. The number of benzene rings is 2. The van der Waals surface area contributed by atoms with Gasteiger partial charge in [0.05, 0.1) is 19.9 Å². The molecule has 0 saturated heterocycles. The van der Waals surface area contributed by atoms with E-state index in [9.17, 15) is 8.78 Å². The molecule has 1 aromatic heterocycles. The van der Waals surface area contributed by atoms with Crippen LogP contribution in [0.4, 0.5) is 20.3 Å². The van der Waals surface area contributed by atoms with Crippen molar-refractivity contribution in [3.05, 3.63) is 53.1 Å². The summed E-state index contributed by atoms with van der Waals surface area (Å²) in [5.41, 5.74) is 3.38. The molecule has 3 aromatic rings. The Morgan fingerprint density at radius 2 is 1.76 bits per heavy atom. The van der Waals surface area contributed by atoms with Gasteiger partial charge in [-0.2, -0.15) is 5.10 Å². The van der Waals surface area contributed by atoms with Crippen LogP contribution in [0.1, 0.15) is 11.1 Å². The molecule has 25 heavy (non-hydrogen) atoms. The highest BCUT2D eigenvalue weighted by molar-refractivity contribution is 5.81. The number of halogens is 2. The van der Waals surface area contributed by atoms with Gasteiger partial charge >= 0.3 is 0 Å². The van der Waals surface area contributed by atoms with Gasteiger partial charge in [-0.3, -0.25) is 5.10 Å². The van der Waals surface area contributed by atoms with Crippen LogP contribution >= 0.6 is 0 Å². The fraction of sp³-hybridized carbons (Fsp3) is 0.167. The molecule has 4 rings (SSSR count). The van der Waals surface area contributed by atoms with Gasteiger partial charge in [0.25, 0.3) is 0 Å². The molecular weight excluding hydrogens is 328 g/mol. The van der Waals surface area contributed by atoms with E-state index in [2.05, 4.69) is 15.5 Å². The Morgan fingerprint density at radius 3 is 2.44 bits per heavy atom. The Hall–Kier alpha value is -3.09. The largest absolute Gasteiger partial charge is 0.493 e. The van der Waals surface area contributed by atoms with Crippen molar-refractivity contribution in [1.29, 1.82) is 0 Å². The molecule has 0 radical (unpaired) electrons. The van der Waals surface area contributed by atoms with Gasteiger partial charge in [-0.15, -0.1) is 0 Å². The number of hydrogen-bond acceptors (Lipinski definition) is 4. The number of nitrogens with zero attached hydrogens (tertiary/aromatic N) is 1. The predicted molar refractivity (Wildman–Crippen MR) is 89.6 cm³/mol. The Balaban J connectivity index is 1.74. The van der Waals surface area contributed by atoms with Gasteiger partial charge in [0.15, 0.2) is 17.3 Å². The zero-order valence-electron chi connectivity index (χ0n) is 13.6. The summed E-state index contributed by atoms with van der Waals surface area (Å²) < 4.78 is 38.4. The fourth-order valence-corrected chi connectivity index (χ4v) is 3.09. The van der Waals surface area contributed by atoms with Gasteiger partial charge in [0.2, 0.25) is 0 Å². The van der Waals surface area contributed by atoms with Gasteiger partial charge < -0.3 is 14.8 Å². The fourth-order valence-electron chi connectivity index (χ4n) is 3.09. The average molecular weight is 343 g/mol. The van der Waals surface area contributed by atoms with Crippen LogP contribution in [0.3, 0.4) is 0 Å². The second-order valence-electron chi connectivity index (χ2n) is 5.69. The van der Waals surface area contributed by atoms with E-state index in [-0.39, 0.29) is 5.69 Å². The summed E-state index contributed by atoms with van der Waals surface area (Å²) in [6, 6.07) is 7.48. The number of anilines is 2. The van der Waals surface area contributed by atoms with E-state index in [0.717, 1.165) is 22.4 Å². The maximum absolute atomic E-state index is 13.9. The number of para-hydroxylation sites is 1. The van der Waals surface area contributed by atoms with Crippen LogP contribution in [0.25, 0.3) is 11.3 Å². The summed E-state index contributed by atoms with van der Waals surface area (Å²) >= 11 is 0. The summed E-state index contributed by atoms with van der Waals surface area (Å²) in [4.78, 5) is 0. The Morgan fingerprint density at radius 1 is 1.08 bits per heavy atom. The van der Waals surface area contributed by atoms with E-state index in [0.29, 0.717) is 23.7 Å². The van der Waals surface area contributed by atoms with Crippen LogP contribution in [-0.4, -0.2) is 24.4 Å². The van der Waals surface area contributed by atoms with Crippen molar-refractivity contribution in [3.8, 4) is 22.8 Å². The molecule has 0 spiro atoms. The highest BCUT2D eigenvalue weighted by Gasteiger charge is 2.27. The molecule has 0 atom stereocenters. The minimum Gasteiger partial charge on any atom is -0.493 e. The molecule has 0 aliphatic heterocycles. The van der Waals surface area contributed by atoms with Gasteiger partial charge in [-0.25, -0.2) is 8.78 Å². The number of aromatic nitrogens is 2. The number of ether oxygens (including phenoxy) is 2. The van der Waals surface area contributed by atoms with Crippen LogP contribution in [-0.2, 0) is 6.42 Å². The summed E-state index contributed by atoms with van der Waals surface area (Å²) in [6.45, 7) is 0. The molecule has 0 saturated carbocycles. The molecule has 0 amide bonds. The van der Waals surface area contributed by atoms with Crippen molar-refractivity contribution >= 4 is 11.5 Å². The van der Waals surface area contributed by atoms with Gasteiger partial charge in [-0.05, 0) is 29.8 Å². The van der Waals surface area contributed by atoms with Gasteiger partial charge in [-0.1, -0.05) is 6.07 Å². The van der Waals surface area contributed by atoms with Crippen molar-refractivity contribution in [1.82, 2.24) is 10.2 Å². The number of aromatic amines is 1.